The van der Waals surface area contributed by atoms with Crippen LogP contribution < -0.4 is 10.5 Å². The molecule has 3 rings (SSSR count). The van der Waals surface area contributed by atoms with Gasteiger partial charge in [0, 0.05) is 19.6 Å². The maximum absolute atomic E-state index is 12.7. The van der Waals surface area contributed by atoms with E-state index >= 15 is 0 Å². The molecule has 0 saturated carbocycles. The van der Waals surface area contributed by atoms with Gasteiger partial charge in [-0.2, -0.15) is 0 Å². The number of thiophene rings is 1. The highest BCUT2D eigenvalue weighted by Gasteiger charge is 2.27. The lowest BCUT2D eigenvalue weighted by Gasteiger charge is -2.32. The summed E-state index contributed by atoms with van der Waals surface area (Å²) in [6.45, 7) is 4.67. The number of hydrogen-bond acceptors (Lipinski definition) is 4. The topological polar surface area (TPSA) is 55.6 Å². The van der Waals surface area contributed by atoms with Crippen molar-refractivity contribution in [2.24, 2.45) is 5.73 Å². The van der Waals surface area contributed by atoms with Crippen molar-refractivity contribution in [3.63, 3.8) is 0 Å². The van der Waals surface area contributed by atoms with Crippen molar-refractivity contribution in [1.82, 2.24) is 4.90 Å². The van der Waals surface area contributed by atoms with Gasteiger partial charge >= 0.3 is 0 Å². The van der Waals surface area contributed by atoms with E-state index in [1.54, 1.807) is 0 Å². The predicted molar refractivity (Wildman–Crippen MR) is 97.7 cm³/mol. The number of rotatable bonds is 5. The summed E-state index contributed by atoms with van der Waals surface area (Å²) in [7, 11) is 0. The molecule has 0 atom stereocenters. The molecule has 1 aliphatic heterocycles. The average Bonchev–Trinajstić information content (AvgIpc) is 3.10. The minimum absolute atomic E-state index is 0.0996. The molecule has 0 bridgehead atoms. The van der Waals surface area contributed by atoms with E-state index in [1.165, 1.54) is 22.5 Å². The fourth-order valence-corrected chi connectivity index (χ4v) is 4.06. The number of amides is 1. The maximum atomic E-state index is 12.7. The molecule has 1 aromatic carbocycles. The largest absolute Gasteiger partial charge is 0.492 e. The van der Waals surface area contributed by atoms with Crippen LogP contribution in [0.1, 0.15) is 46.5 Å². The standard InChI is InChI=1S/C19H24N2O2S/c1-2-23-17-8-11-24-18(17)19(22)21-9-6-15(7-10-21)16-5-3-4-14(12-16)13-20/h3-5,8,11-12,15H,2,6-7,9-10,13,20H2,1H3. The van der Waals surface area contributed by atoms with Crippen molar-refractivity contribution in [1.29, 1.82) is 0 Å². The maximum Gasteiger partial charge on any atom is 0.267 e. The van der Waals surface area contributed by atoms with Gasteiger partial charge in [0.05, 0.1) is 6.61 Å². The number of nitrogens with two attached hydrogens (primary N) is 1. The highest BCUT2D eigenvalue weighted by molar-refractivity contribution is 7.12. The summed E-state index contributed by atoms with van der Waals surface area (Å²) in [5.74, 6) is 1.32. The first-order valence-electron chi connectivity index (χ1n) is 8.51. The van der Waals surface area contributed by atoms with Crippen LogP contribution in [-0.4, -0.2) is 30.5 Å². The van der Waals surface area contributed by atoms with Gasteiger partial charge in [-0.1, -0.05) is 24.3 Å². The molecule has 5 heteroatoms. The Bertz CT molecular complexity index is 690. The van der Waals surface area contributed by atoms with E-state index in [1.807, 2.05) is 23.3 Å². The minimum atomic E-state index is 0.0996. The van der Waals surface area contributed by atoms with Gasteiger partial charge in [0.25, 0.3) is 5.91 Å². The molecule has 4 nitrogen and oxygen atoms in total. The molecular weight excluding hydrogens is 320 g/mol. The third-order valence-electron chi connectivity index (χ3n) is 4.56. The number of nitrogens with zero attached hydrogens (tertiary/aromatic N) is 1. The monoisotopic (exact) mass is 344 g/mol. The van der Waals surface area contributed by atoms with Crippen LogP contribution in [0, 0.1) is 0 Å². The lowest BCUT2D eigenvalue weighted by Crippen LogP contribution is -2.37. The van der Waals surface area contributed by atoms with E-state index in [2.05, 4.69) is 24.3 Å². The molecule has 24 heavy (non-hydrogen) atoms. The molecule has 1 saturated heterocycles. The van der Waals surface area contributed by atoms with Crippen LogP contribution >= 0.6 is 11.3 Å². The summed E-state index contributed by atoms with van der Waals surface area (Å²) < 4.78 is 5.56. The summed E-state index contributed by atoms with van der Waals surface area (Å²) in [6.07, 6.45) is 1.99. The van der Waals surface area contributed by atoms with Crippen molar-refractivity contribution in [2.75, 3.05) is 19.7 Å². The lowest BCUT2D eigenvalue weighted by atomic mass is 9.88. The number of carbonyl (C=O) groups is 1. The fraction of sp³-hybridized carbons (Fsp3) is 0.421. The predicted octanol–water partition coefficient (Wildman–Crippen LogP) is 3.63. The first-order chi connectivity index (χ1) is 11.7. The third-order valence-corrected chi connectivity index (χ3v) is 5.45. The van der Waals surface area contributed by atoms with Crippen molar-refractivity contribution in [2.45, 2.75) is 32.2 Å². The molecule has 128 valence electrons. The number of hydrogen-bond donors (Lipinski definition) is 1. The second-order valence-electron chi connectivity index (χ2n) is 6.06. The van der Waals surface area contributed by atoms with E-state index in [9.17, 15) is 4.79 Å². The molecular formula is C19H24N2O2S. The van der Waals surface area contributed by atoms with Gasteiger partial charge in [0.2, 0.25) is 0 Å². The van der Waals surface area contributed by atoms with Crippen molar-refractivity contribution >= 4 is 17.2 Å². The van der Waals surface area contributed by atoms with E-state index in [-0.39, 0.29) is 5.91 Å². The van der Waals surface area contributed by atoms with Crippen molar-refractivity contribution in [3.8, 4) is 5.75 Å². The molecule has 1 aliphatic rings. The van der Waals surface area contributed by atoms with Crippen LogP contribution in [-0.2, 0) is 6.54 Å². The lowest BCUT2D eigenvalue weighted by molar-refractivity contribution is 0.0714. The van der Waals surface area contributed by atoms with Crippen LogP contribution in [0.4, 0.5) is 0 Å². The molecule has 0 spiro atoms. The highest BCUT2D eigenvalue weighted by atomic mass is 32.1. The average molecular weight is 344 g/mol. The zero-order chi connectivity index (χ0) is 16.9. The molecule has 1 fully saturated rings. The highest BCUT2D eigenvalue weighted by Crippen LogP contribution is 2.32. The van der Waals surface area contributed by atoms with Crippen LogP contribution in [0.5, 0.6) is 5.75 Å². The van der Waals surface area contributed by atoms with Gasteiger partial charge < -0.3 is 15.4 Å². The Labute approximate surface area is 147 Å². The van der Waals surface area contributed by atoms with Gasteiger partial charge in [0.15, 0.2) is 0 Å². The number of carbonyl (C=O) groups excluding carboxylic acids is 1. The van der Waals surface area contributed by atoms with E-state index in [4.69, 9.17) is 10.5 Å². The summed E-state index contributed by atoms with van der Waals surface area (Å²) in [5, 5.41) is 1.92. The smallest absolute Gasteiger partial charge is 0.267 e. The van der Waals surface area contributed by atoms with E-state index in [0.717, 1.165) is 30.8 Å². The number of ether oxygens (including phenoxy) is 1. The van der Waals surface area contributed by atoms with E-state index in [0.29, 0.717) is 24.8 Å². The second-order valence-corrected chi connectivity index (χ2v) is 6.98. The number of piperidine rings is 1. The SMILES string of the molecule is CCOc1ccsc1C(=O)N1CCC(c2cccc(CN)c2)CC1. The zero-order valence-electron chi connectivity index (χ0n) is 14.0. The Morgan fingerprint density at radius 2 is 2.12 bits per heavy atom. The molecule has 2 aromatic rings. The van der Waals surface area contributed by atoms with Crippen LogP contribution in [0.25, 0.3) is 0 Å². The first kappa shape index (κ1) is 17.0. The summed E-state index contributed by atoms with van der Waals surface area (Å²) in [5.41, 5.74) is 8.26. The quantitative estimate of drug-likeness (QED) is 0.901. The molecule has 1 amide bonds. The van der Waals surface area contributed by atoms with Crippen LogP contribution in [0.15, 0.2) is 35.7 Å². The molecule has 0 radical (unpaired) electrons. The molecule has 0 unspecified atom stereocenters. The Morgan fingerprint density at radius 3 is 2.83 bits per heavy atom. The molecule has 2 heterocycles. The van der Waals surface area contributed by atoms with Gasteiger partial charge in [-0.25, -0.2) is 0 Å². The minimum Gasteiger partial charge on any atom is -0.492 e. The molecule has 0 aliphatic carbocycles. The Balaban J connectivity index is 1.64. The summed E-state index contributed by atoms with van der Waals surface area (Å²) in [6, 6.07) is 10.4. The zero-order valence-corrected chi connectivity index (χ0v) is 14.8. The van der Waals surface area contributed by atoms with Crippen LogP contribution in [0.3, 0.4) is 0 Å². The number of likely N-dealkylation sites (tertiary alicyclic amines) is 1. The van der Waals surface area contributed by atoms with Gasteiger partial charge in [-0.15, -0.1) is 11.3 Å². The third kappa shape index (κ3) is 3.62. The second kappa shape index (κ2) is 7.81. The number of benzene rings is 1. The fourth-order valence-electron chi connectivity index (χ4n) is 3.26. The van der Waals surface area contributed by atoms with Crippen molar-refractivity contribution in [3.05, 3.63) is 51.7 Å². The van der Waals surface area contributed by atoms with Gasteiger partial charge in [-0.05, 0) is 48.3 Å². The first-order valence-corrected chi connectivity index (χ1v) is 9.39. The van der Waals surface area contributed by atoms with Crippen LogP contribution in [0.2, 0.25) is 0 Å². The Hall–Kier alpha value is -1.85. The Morgan fingerprint density at radius 1 is 1.33 bits per heavy atom. The van der Waals surface area contributed by atoms with Gasteiger partial charge in [0.1, 0.15) is 10.6 Å². The summed E-state index contributed by atoms with van der Waals surface area (Å²) >= 11 is 1.46. The summed E-state index contributed by atoms with van der Waals surface area (Å²) in [4.78, 5) is 15.4. The van der Waals surface area contributed by atoms with Gasteiger partial charge in [-0.3, -0.25) is 4.79 Å². The van der Waals surface area contributed by atoms with Crippen molar-refractivity contribution < 1.29 is 9.53 Å². The molecule has 2 N–H and O–H groups in total. The van der Waals surface area contributed by atoms with E-state index < -0.39 is 0 Å². The molecule has 1 aromatic heterocycles. The Kier molecular flexibility index (Phi) is 5.53. The normalized spacial score (nSPS) is 15.5.